The fourth-order valence-electron chi connectivity index (χ4n) is 3.82. The summed E-state index contributed by atoms with van der Waals surface area (Å²) in [6.45, 7) is 10.5. The van der Waals surface area contributed by atoms with E-state index in [2.05, 4.69) is 94.1 Å². The van der Waals surface area contributed by atoms with Gasteiger partial charge < -0.3 is 0 Å². The first kappa shape index (κ1) is 19.9. The molecule has 1 aliphatic carbocycles. The van der Waals surface area contributed by atoms with Gasteiger partial charge in [0.2, 0.25) is 0 Å². The smallest absolute Gasteiger partial charge is 0.00881 e. The lowest BCUT2D eigenvalue weighted by molar-refractivity contribution is 0.966. The highest BCUT2D eigenvalue weighted by Gasteiger charge is 2.09. The average molecular weight is 367 g/mol. The molecule has 0 fully saturated rings. The molecule has 0 unspecified atom stereocenters. The Hall–Kier alpha value is -2.86. The van der Waals surface area contributed by atoms with Crippen LogP contribution in [0.15, 0.2) is 91.1 Å². The Morgan fingerprint density at radius 1 is 1.04 bits per heavy atom. The molecule has 0 amide bonds. The summed E-state index contributed by atoms with van der Waals surface area (Å²) in [6.07, 6.45) is 16.1. The lowest BCUT2D eigenvalue weighted by Gasteiger charge is -2.16. The van der Waals surface area contributed by atoms with Crippen molar-refractivity contribution < 1.29 is 0 Å². The van der Waals surface area contributed by atoms with Crippen LogP contribution in [0.5, 0.6) is 0 Å². The number of allylic oxidation sites excluding steroid dienone is 9. The van der Waals surface area contributed by atoms with Crippen molar-refractivity contribution >= 4 is 11.1 Å². The van der Waals surface area contributed by atoms with Crippen molar-refractivity contribution in [1.82, 2.24) is 0 Å². The zero-order chi connectivity index (χ0) is 19.9. The summed E-state index contributed by atoms with van der Waals surface area (Å²) >= 11 is 0. The predicted octanol–water partition coefficient (Wildman–Crippen LogP) is 7.80. The predicted molar refractivity (Wildman–Crippen MR) is 124 cm³/mol. The fourth-order valence-corrected chi connectivity index (χ4v) is 3.82. The third kappa shape index (κ3) is 4.70. The van der Waals surface area contributed by atoms with Crippen LogP contribution in [-0.2, 0) is 6.42 Å². The maximum absolute atomic E-state index is 3.81. The zero-order valence-electron chi connectivity index (χ0n) is 17.3. The summed E-state index contributed by atoms with van der Waals surface area (Å²) in [7, 11) is 0. The molecule has 142 valence electrons. The van der Waals surface area contributed by atoms with Gasteiger partial charge in [0, 0.05) is 0 Å². The Kier molecular flexibility index (Phi) is 6.66. The first-order chi connectivity index (χ1) is 13.6. The molecule has 0 atom stereocenters. The molecule has 0 aromatic heterocycles. The number of hydrogen-bond donors (Lipinski definition) is 0. The van der Waals surface area contributed by atoms with Crippen LogP contribution < -0.4 is 0 Å². The van der Waals surface area contributed by atoms with Gasteiger partial charge in [0.05, 0.1) is 0 Å². The van der Waals surface area contributed by atoms with Gasteiger partial charge in [-0.2, -0.15) is 0 Å². The lowest BCUT2D eigenvalue weighted by Crippen LogP contribution is -1.96. The fraction of sp³-hybridized carbons (Fsp3) is 0.214. The topological polar surface area (TPSA) is 0 Å². The van der Waals surface area contributed by atoms with Gasteiger partial charge in [-0.15, -0.1) is 0 Å². The first-order valence-electron chi connectivity index (χ1n) is 10.1. The van der Waals surface area contributed by atoms with Crippen molar-refractivity contribution in [2.45, 2.75) is 40.0 Å². The van der Waals surface area contributed by atoms with E-state index in [1.807, 2.05) is 12.2 Å². The van der Waals surface area contributed by atoms with Gasteiger partial charge >= 0.3 is 0 Å². The molecule has 0 heteroatoms. The maximum atomic E-state index is 3.81. The molecule has 3 rings (SSSR count). The van der Waals surface area contributed by atoms with Crippen LogP contribution in [0.1, 0.15) is 47.6 Å². The standard InChI is InChI=1S/C28H30/c1-5-6-13-25(26-14-9-7-11-21(26)2)18-16-24-17-19-28(23(4)20-24)27-15-10-8-12-22(27)3/h5-7,9-11,13-15,17-20H,1,8,12,16H2,2-4H3/b13-6-,25-18+. The molecule has 0 heterocycles. The second kappa shape index (κ2) is 9.37. The van der Waals surface area contributed by atoms with Crippen LogP contribution in [0.3, 0.4) is 0 Å². The molecule has 2 aromatic carbocycles. The molecule has 0 radical (unpaired) electrons. The largest absolute Gasteiger partial charge is 0.0991 e. The van der Waals surface area contributed by atoms with Gasteiger partial charge in [-0.3, -0.25) is 0 Å². The molecule has 0 N–H and O–H groups in total. The normalized spacial score (nSPS) is 14.8. The van der Waals surface area contributed by atoms with Gasteiger partial charge in [-0.1, -0.05) is 91.1 Å². The van der Waals surface area contributed by atoms with E-state index in [1.165, 1.54) is 51.0 Å². The number of hydrogen-bond acceptors (Lipinski definition) is 0. The number of aryl methyl sites for hydroxylation is 2. The Bertz CT molecular complexity index is 977. The molecule has 0 nitrogen and oxygen atoms in total. The van der Waals surface area contributed by atoms with Crippen LogP contribution >= 0.6 is 0 Å². The maximum Gasteiger partial charge on any atom is -0.00881 e. The summed E-state index contributed by atoms with van der Waals surface area (Å²) in [5.41, 5.74) is 10.8. The third-order valence-electron chi connectivity index (χ3n) is 5.44. The molecule has 2 aromatic rings. The zero-order valence-corrected chi connectivity index (χ0v) is 17.3. The van der Waals surface area contributed by atoms with Crippen LogP contribution in [0.25, 0.3) is 11.1 Å². The van der Waals surface area contributed by atoms with Crippen molar-refractivity contribution in [2.75, 3.05) is 0 Å². The van der Waals surface area contributed by atoms with Crippen molar-refractivity contribution in [3.8, 4) is 0 Å². The van der Waals surface area contributed by atoms with E-state index in [0.717, 1.165) is 12.8 Å². The molecule has 1 aliphatic rings. The molecule has 0 aliphatic heterocycles. The lowest BCUT2D eigenvalue weighted by atomic mass is 9.89. The minimum absolute atomic E-state index is 0.917. The SMILES string of the molecule is C=C/C=C\C(=C/Cc1ccc(C2=C(C)CCC=C2)c(C)c1)c1ccccc1C. The second-order valence-electron chi connectivity index (χ2n) is 7.56. The number of rotatable bonds is 6. The molecule has 0 saturated carbocycles. The molecular weight excluding hydrogens is 336 g/mol. The van der Waals surface area contributed by atoms with Gasteiger partial charge in [-0.05, 0) is 79.0 Å². The Balaban J connectivity index is 1.88. The summed E-state index contributed by atoms with van der Waals surface area (Å²) < 4.78 is 0. The van der Waals surface area contributed by atoms with E-state index in [0.29, 0.717) is 0 Å². The van der Waals surface area contributed by atoms with Gasteiger partial charge in [0.25, 0.3) is 0 Å². The van der Waals surface area contributed by atoms with E-state index in [1.54, 1.807) is 0 Å². The Labute approximate surface area is 170 Å². The van der Waals surface area contributed by atoms with Crippen molar-refractivity contribution in [3.05, 3.63) is 119 Å². The van der Waals surface area contributed by atoms with Crippen molar-refractivity contribution in [2.24, 2.45) is 0 Å². The quantitative estimate of drug-likeness (QED) is 0.458. The summed E-state index contributed by atoms with van der Waals surface area (Å²) in [5.74, 6) is 0. The van der Waals surface area contributed by atoms with Gasteiger partial charge in [-0.25, -0.2) is 0 Å². The highest BCUT2D eigenvalue weighted by Crippen LogP contribution is 2.30. The molecule has 28 heavy (non-hydrogen) atoms. The van der Waals surface area contributed by atoms with Gasteiger partial charge in [0.1, 0.15) is 0 Å². The molecule has 0 bridgehead atoms. The summed E-state index contributed by atoms with van der Waals surface area (Å²) in [5, 5.41) is 0. The van der Waals surface area contributed by atoms with Crippen LogP contribution in [0.2, 0.25) is 0 Å². The minimum Gasteiger partial charge on any atom is -0.0991 e. The van der Waals surface area contributed by atoms with E-state index in [-0.39, 0.29) is 0 Å². The molecule has 0 saturated heterocycles. The van der Waals surface area contributed by atoms with E-state index in [9.17, 15) is 0 Å². The van der Waals surface area contributed by atoms with Crippen molar-refractivity contribution in [3.63, 3.8) is 0 Å². The van der Waals surface area contributed by atoms with Crippen LogP contribution in [0.4, 0.5) is 0 Å². The number of benzene rings is 2. The first-order valence-corrected chi connectivity index (χ1v) is 10.1. The highest BCUT2D eigenvalue weighted by molar-refractivity contribution is 5.79. The second-order valence-corrected chi connectivity index (χ2v) is 7.56. The molecule has 0 spiro atoms. The van der Waals surface area contributed by atoms with E-state index >= 15 is 0 Å². The minimum atomic E-state index is 0.917. The molecular formula is C28H30. The van der Waals surface area contributed by atoms with Crippen LogP contribution in [0, 0.1) is 13.8 Å². The summed E-state index contributed by atoms with van der Waals surface area (Å²) in [4.78, 5) is 0. The Morgan fingerprint density at radius 3 is 2.57 bits per heavy atom. The van der Waals surface area contributed by atoms with Gasteiger partial charge in [0.15, 0.2) is 0 Å². The third-order valence-corrected chi connectivity index (χ3v) is 5.44. The van der Waals surface area contributed by atoms with E-state index in [4.69, 9.17) is 0 Å². The summed E-state index contributed by atoms with van der Waals surface area (Å²) in [6, 6.07) is 15.4. The van der Waals surface area contributed by atoms with Crippen LogP contribution in [-0.4, -0.2) is 0 Å². The average Bonchev–Trinajstić information content (AvgIpc) is 2.70. The Morgan fingerprint density at radius 2 is 1.86 bits per heavy atom. The highest BCUT2D eigenvalue weighted by atomic mass is 14.1. The van der Waals surface area contributed by atoms with E-state index < -0.39 is 0 Å². The monoisotopic (exact) mass is 366 g/mol. The van der Waals surface area contributed by atoms with Crippen molar-refractivity contribution in [1.29, 1.82) is 0 Å².